The molecule has 0 aromatic rings. The summed E-state index contributed by atoms with van der Waals surface area (Å²) in [4.78, 5) is 24.5. The summed E-state index contributed by atoms with van der Waals surface area (Å²) in [6, 6.07) is -0.562. The largest absolute Gasteiger partial charge is 0.466 e. The van der Waals surface area contributed by atoms with Crippen LogP contribution in [0.4, 0.5) is 0 Å². The summed E-state index contributed by atoms with van der Waals surface area (Å²) >= 11 is 0. The summed E-state index contributed by atoms with van der Waals surface area (Å²) in [6.07, 6.45) is 64.5. The molecule has 2 atom stereocenters. The molecule has 64 heavy (non-hydrogen) atoms. The second-order valence-electron chi connectivity index (χ2n) is 19.6. The van der Waals surface area contributed by atoms with E-state index < -0.39 is 12.1 Å². The number of hydrogen-bond donors (Lipinski definition) is 3. The first-order valence-electron chi connectivity index (χ1n) is 28.6. The molecule has 2 unspecified atom stereocenters. The Labute approximate surface area is 399 Å². The molecule has 378 valence electrons. The summed E-state index contributed by atoms with van der Waals surface area (Å²) in [5.41, 5.74) is 0. The highest BCUT2D eigenvalue weighted by atomic mass is 16.5. The lowest BCUT2D eigenvalue weighted by molar-refractivity contribution is -0.143. The number of amides is 1. The molecule has 0 bridgehead atoms. The maximum absolute atomic E-state index is 12.5. The number of allylic oxidation sites excluding steroid dienone is 4. The molecule has 0 aromatic heterocycles. The third kappa shape index (κ3) is 49.8. The van der Waals surface area contributed by atoms with Gasteiger partial charge in [0, 0.05) is 12.8 Å². The van der Waals surface area contributed by atoms with Crippen LogP contribution in [0.3, 0.4) is 0 Å². The highest BCUT2D eigenvalue weighted by molar-refractivity contribution is 5.76. The number of carbonyl (C=O) groups excluding carboxylic acids is 2. The Morgan fingerprint density at radius 2 is 0.734 bits per heavy atom. The number of nitrogens with one attached hydrogen (secondary N) is 1. The summed E-state index contributed by atoms with van der Waals surface area (Å²) in [5, 5.41) is 23.3. The molecule has 6 nitrogen and oxygen atoms in total. The third-order valence-electron chi connectivity index (χ3n) is 13.2. The summed E-state index contributed by atoms with van der Waals surface area (Å²) in [7, 11) is 0. The monoisotopic (exact) mass is 902 g/mol. The van der Waals surface area contributed by atoms with E-state index in [-0.39, 0.29) is 18.5 Å². The van der Waals surface area contributed by atoms with Gasteiger partial charge in [-0.2, -0.15) is 0 Å². The van der Waals surface area contributed by atoms with Crippen molar-refractivity contribution in [3.8, 4) is 0 Å². The third-order valence-corrected chi connectivity index (χ3v) is 13.2. The van der Waals surface area contributed by atoms with Gasteiger partial charge in [-0.1, -0.05) is 244 Å². The number of unbranched alkanes of at least 4 members (excludes halogenated alkanes) is 38. The highest BCUT2D eigenvalue weighted by Crippen LogP contribution is 2.17. The SMILES string of the molecule is CCCCCCCCC/C=C\CCCCCCCC(=O)OCCCCCCCC/C=C\CCCCCC(=O)NC(CO)C(O)CCCCCCCCCCCCCCCCCCCC. The van der Waals surface area contributed by atoms with E-state index in [1.54, 1.807) is 0 Å². The van der Waals surface area contributed by atoms with Crippen molar-refractivity contribution in [2.75, 3.05) is 13.2 Å². The summed E-state index contributed by atoms with van der Waals surface area (Å²) in [6.45, 7) is 4.92. The van der Waals surface area contributed by atoms with Gasteiger partial charge in [0.25, 0.3) is 0 Å². The standard InChI is InChI=1S/C58H111NO5/c1-3-5-7-9-11-13-15-17-19-21-22-23-26-30-34-38-42-46-50-56(61)55(54-60)59-57(62)51-47-43-39-35-31-27-25-29-33-37-41-45-49-53-64-58(63)52-48-44-40-36-32-28-24-20-18-16-14-12-10-8-6-4-2/h20,24,27,31,55-56,60-61H,3-19,21-23,25-26,28-30,32-54H2,1-2H3,(H,59,62)/b24-20-,31-27-. The summed E-state index contributed by atoms with van der Waals surface area (Å²) < 4.78 is 5.46. The minimum atomic E-state index is -0.682. The molecule has 0 radical (unpaired) electrons. The van der Waals surface area contributed by atoms with Gasteiger partial charge in [-0.3, -0.25) is 9.59 Å². The van der Waals surface area contributed by atoms with Crippen LogP contribution in [0, 0.1) is 0 Å². The van der Waals surface area contributed by atoms with E-state index in [9.17, 15) is 19.8 Å². The number of ether oxygens (including phenoxy) is 1. The average molecular weight is 903 g/mol. The van der Waals surface area contributed by atoms with Crippen molar-refractivity contribution in [1.82, 2.24) is 5.32 Å². The zero-order chi connectivity index (χ0) is 46.5. The Balaban J connectivity index is 3.49. The van der Waals surface area contributed by atoms with Gasteiger partial charge < -0.3 is 20.3 Å². The second kappa shape index (κ2) is 54.0. The minimum Gasteiger partial charge on any atom is -0.466 e. The molecule has 0 aromatic carbocycles. The van der Waals surface area contributed by atoms with Crippen LogP contribution in [-0.2, 0) is 14.3 Å². The lowest BCUT2D eigenvalue weighted by Gasteiger charge is -2.22. The van der Waals surface area contributed by atoms with Gasteiger partial charge in [-0.25, -0.2) is 0 Å². The fraction of sp³-hybridized carbons (Fsp3) is 0.897. The first-order chi connectivity index (χ1) is 31.5. The zero-order valence-electron chi connectivity index (χ0n) is 43.0. The molecule has 0 fully saturated rings. The van der Waals surface area contributed by atoms with E-state index in [1.165, 1.54) is 205 Å². The van der Waals surface area contributed by atoms with Gasteiger partial charge in [-0.05, 0) is 77.0 Å². The van der Waals surface area contributed by atoms with Gasteiger partial charge in [0.05, 0.1) is 25.4 Å². The summed E-state index contributed by atoms with van der Waals surface area (Å²) in [5.74, 6) is -0.0828. The Bertz CT molecular complexity index is 997. The minimum absolute atomic E-state index is 0.0195. The Morgan fingerprint density at radius 1 is 0.422 bits per heavy atom. The van der Waals surface area contributed by atoms with Crippen LogP contribution >= 0.6 is 0 Å². The van der Waals surface area contributed by atoms with Crippen molar-refractivity contribution in [2.45, 2.75) is 321 Å². The van der Waals surface area contributed by atoms with Crippen molar-refractivity contribution < 1.29 is 24.5 Å². The van der Waals surface area contributed by atoms with Crippen LogP contribution in [-0.4, -0.2) is 47.4 Å². The van der Waals surface area contributed by atoms with Gasteiger partial charge in [-0.15, -0.1) is 0 Å². The maximum atomic E-state index is 12.5. The first-order valence-corrected chi connectivity index (χ1v) is 28.6. The number of esters is 1. The normalized spacial score (nSPS) is 12.8. The molecule has 1 amide bonds. The van der Waals surface area contributed by atoms with E-state index in [2.05, 4.69) is 43.5 Å². The van der Waals surface area contributed by atoms with Gasteiger partial charge in [0.1, 0.15) is 0 Å². The predicted molar refractivity (Wildman–Crippen MR) is 278 cm³/mol. The van der Waals surface area contributed by atoms with Crippen molar-refractivity contribution >= 4 is 11.9 Å². The molecular formula is C58H111NO5. The van der Waals surface area contributed by atoms with Crippen LogP contribution in [0.2, 0.25) is 0 Å². The van der Waals surface area contributed by atoms with Crippen LogP contribution in [0.5, 0.6) is 0 Å². The zero-order valence-corrected chi connectivity index (χ0v) is 43.0. The number of rotatable bonds is 53. The van der Waals surface area contributed by atoms with Gasteiger partial charge in [0.15, 0.2) is 0 Å². The number of hydrogen-bond acceptors (Lipinski definition) is 5. The van der Waals surface area contributed by atoms with Crippen molar-refractivity contribution in [2.24, 2.45) is 0 Å². The molecule has 0 saturated heterocycles. The molecule has 0 aliphatic carbocycles. The highest BCUT2D eigenvalue weighted by Gasteiger charge is 2.20. The Hall–Kier alpha value is -1.66. The van der Waals surface area contributed by atoms with Crippen molar-refractivity contribution in [3.05, 3.63) is 24.3 Å². The number of carbonyl (C=O) groups is 2. The van der Waals surface area contributed by atoms with E-state index in [4.69, 9.17) is 4.74 Å². The molecule has 0 aliphatic heterocycles. The molecule has 6 heteroatoms. The number of aliphatic hydroxyl groups excluding tert-OH is 2. The van der Waals surface area contributed by atoms with E-state index >= 15 is 0 Å². The van der Waals surface area contributed by atoms with Crippen LogP contribution in [0.15, 0.2) is 24.3 Å². The molecule has 0 heterocycles. The maximum Gasteiger partial charge on any atom is 0.305 e. The van der Waals surface area contributed by atoms with Crippen LogP contribution < -0.4 is 5.32 Å². The molecular weight excluding hydrogens is 791 g/mol. The molecule has 0 saturated carbocycles. The van der Waals surface area contributed by atoms with E-state index in [0.29, 0.717) is 25.9 Å². The van der Waals surface area contributed by atoms with E-state index in [1.807, 2.05) is 0 Å². The predicted octanol–water partition coefficient (Wildman–Crippen LogP) is 17.5. The van der Waals surface area contributed by atoms with Crippen molar-refractivity contribution in [1.29, 1.82) is 0 Å². The molecule has 0 aliphatic rings. The lowest BCUT2D eigenvalue weighted by Crippen LogP contribution is -2.45. The number of aliphatic hydroxyl groups is 2. The average Bonchev–Trinajstić information content (AvgIpc) is 3.29. The lowest BCUT2D eigenvalue weighted by atomic mass is 10.0. The molecule has 0 rings (SSSR count). The van der Waals surface area contributed by atoms with Crippen molar-refractivity contribution in [3.63, 3.8) is 0 Å². The molecule has 3 N–H and O–H groups in total. The topological polar surface area (TPSA) is 95.9 Å². The fourth-order valence-electron chi connectivity index (χ4n) is 8.81. The second-order valence-corrected chi connectivity index (χ2v) is 19.6. The van der Waals surface area contributed by atoms with E-state index in [0.717, 1.165) is 70.6 Å². The van der Waals surface area contributed by atoms with Crippen LogP contribution in [0.1, 0.15) is 309 Å². The smallest absolute Gasteiger partial charge is 0.305 e. The van der Waals surface area contributed by atoms with Crippen LogP contribution in [0.25, 0.3) is 0 Å². The first kappa shape index (κ1) is 62.3. The Kier molecular flexibility index (Phi) is 52.6. The quantitative estimate of drug-likeness (QED) is 0.0321. The van der Waals surface area contributed by atoms with Gasteiger partial charge in [0.2, 0.25) is 5.91 Å². The molecule has 0 spiro atoms. The fourth-order valence-corrected chi connectivity index (χ4v) is 8.81. The van der Waals surface area contributed by atoms with Gasteiger partial charge >= 0.3 is 5.97 Å². The Morgan fingerprint density at radius 3 is 1.12 bits per heavy atom.